The minimum atomic E-state index is -0.784. The average molecular weight is 994 g/mol. The van der Waals surface area contributed by atoms with Gasteiger partial charge in [-0.25, -0.2) is 0 Å². The number of unbranched alkanes of at least 4 members (excludes halogenated alkanes) is 35. The van der Waals surface area contributed by atoms with Gasteiger partial charge in [0.25, 0.3) is 0 Å². The van der Waals surface area contributed by atoms with Crippen LogP contribution in [0.3, 0.4) is 0 Å². The van der Waals surface area contributed by atoms with Gasteiger partial charge in [-0.1, -0.05) is 274 Å². The maximum absolute atomic E-state index is 12.9. The van der Waals surface area contributed by atoms with Crippen LogP contribution in [-0.4, -0.2) is 37.2 Å². The van der Waals surface area contributed by atoms with Crippen molar-refractivity contribution in [3.8, 4) is 0 Å². The predicted octanol–water partition coefficient (Wildman–Crippen LogP) is 20.8. The Labute approximate surface area is 440 Å². The molecule has 0 fully saturated rings. The molecule has 0 radical (unpaired) electrons. The summed E-state index contributed by atoms with van der Waals surface area (Å²) >= 11 is 0. The standard InChI is InChI=1S/C65H116O6/c1-4-7-10-13-16-19-22-25-28-31-32-35-38-41-44-47-50-53-56-59-65(68)71-62(60-69-63(66)57-54-51-48-45-42-39-36-33-29-26-23-20-17-14-11-8-5-2)61-70-64(67)58-55-52-49-46-43-40-37-34-30-27-24-21-18-15-12-9-6-3/h8,11,17,20,25-26,28-29,36,39,62H,4-7,9-10,12-16,18-19,21-24,27,30-35,37-38,40-61H2,1-3H3/b11-8-,20-17-,28-25-,29-26-,39-36-/t62-/m1/s1. The normalized spacial score (nSPS) is 12.4. The van der Waals surface area contributed by atoms with Crippen molar-refractivity contribution in [2.45, 2.75) is 322 Å². The second-order valence-electron chi connectivity index (χ2n) is 20.6. The fraction of sp³-hybridized carbons (Fsp3) is 0.800. The molecule has 6 nitrogen and oxygen atoms in total. The van der Waals surface area contributed by atoms with E-state index in [0.29, 0.717) is 19.3 Å². The number of rotatable bonds is 56. The van der Waals surface area contributed by atoms with E-state index in [1.54, 1.807) is 0 Å². The highest BCUT2D eigenvalue weighted by molar-refractivity contribution is 5.71. The van der Waals surface area contributed by atoms with E-state index in [4.69, 9.17) is 14.2 Å². The largest absolute Gasteiger partial charge is 0.462 e. The Hall–Kier alpha value is -2.89. The minimum Gasteiger partial charge on any atom is -0.462 e. The first-order valence-electron chi connectivity index (χ1n) is 30.8. The van der Waals surface area contributed by atoms with E-state index in [1.165, 1.54) is 180 Å². The number of hydrogen-bond acceptors (Lipinski definition) is 6. The fourth-order valence-corrected chi connectivity index (χ4v) is 8.90. The average Bonchev–Trinajstić information content (AvgIpc) is 3.37. The van der Waals surface area contributed by atoms with E-state index >= 15 is 0 Å². The third kappa shape index (κ3) is 57.9. The van der Waals surface area contributed by atoms with Crippen LogP contribution >= 0.6 is 0 Å². The van der Waals surface area contributed by atoms with Crippen LogP contribution in [0, 0.1) is 0 Å². The summed E-state index contributed by atoms with van der Waals surface area (Å²) in [5.74, 6) is -0.890. The summed E-state index contributed by atoms with van der Waals surface area (Å²) in [6.07, 6.45) is 75.0. The van der Waals surface area contributed by atoms with Gasteiger partial charge in [0, 0.05) is 19.3 Å². The summed E-state index contributed by atoms with van der Waals surface area (Å²) < 4.78 is 16.9. The van der Waals surface area contributed by atoms with Crippen molar-refractivity contribution < 1.29 is 28.6 Å². The Morgan fingerprint density at radius 1 is 0.296 bits per heavy atom. The van der Waals surface area contributed by atoms with Gasteiger partial charge in [0.05, 0.1) is 0 Å². The van der Waals surface area contributed by atoms with Crippen molar-refractivity contribution in [3.63, 3.8) is 0 Å². The number of ether oxygens (including phenoxy) is 3. The zero-order valence-corrected chi connectivity index (χ0v) is 47.2. The van der Waals surface area contributed by atoms with E-state index in [2.05, 4.69) is 81.5 Å². The monoisotopic (exact) mass is 993 g/mol. The molecule has 6 heteroatoms. The molecule has 0 amide bonds. The van der Waals surface area contributed by atoms with Crippen molar-refractivity contribution in [2.24, 2.45) is 0 Å². The van der Waals surface area contributed by atoms with Crippen molar-refractivity contribution in [1.29, 1.82) is 0 Å². The van der Waals surface area contributed by atoms with Crippen LogP contribution in [0.25, 0.3) is 0 Å². The van der Waals surface area contributed by atoms with Crippen molar-refractivity contribution in [3.05, 3.63) is 60.8 Å². The van der Waals surface area contributed by atoms with Gasteiger partial charge in [0.15, 0.2) is 6.10 Å². The fourth-order valence-electron chi connectivity index (χ4n) is 8.90. The van der Waals surface area contributed by atoms with E-state index < -0.39 is 6.10 Å². The summed E-state index contributed by atoms with van der Waals surface area (Å²) in [4.78, 5) is 38.3. The minimum absolute atomic E-state index is 0.0798. The number of carbonyl (C=O) groups excluding carboxylic acids is 3. The van der Waals surface area contributed by atoms with Gasteiger partial charge in [-0.15, -0.1) is 0 Å². The second-order valence-corrected chi connectivity index (χ2v) is 20.6. The van der Waals surface area contributed by atoms with Crippen LogP contribution in [0.4, 0.5) is 0 Å². The molecular formula is C65H116O6. The van der Waals surface area contributed by atoms with Crippen LogP contribution < -0.4 is 0 Å². The molecule has 0 rings (SSSR count). The molecule has 0 aliphatic carbocycles. The molecule has 0 bridgehead atoms. The highest BCUT2D eigenvalue weighted by Crippen LogP contribution is 2.17. The van der Waals surface area contributed by atoms with Gasteiger partial charge >= 0.3 is 17.9 Å². The predicted molar refractivity (Wildman–Crippen MR) is 307 cm³/mol. The summed E-state index contributed by atoms with van der Waals surface area (Å²) in [6, 6.07) is 0. The summed E-state index contributed by atoms with van der Waals surface area (Å²) in [7, 11) is 0. The Kier molecular flexibility index (Phi) is 57.2. The van der Waals surface area contributed by atoms with Crippen LogP contribution in [0.5, 0.6) is 0 Å². The molecule has 0 N–H and O–H groups in total. The lowest BCUT2D eigenvalue weighted by Gasteiger charge is -2.18. The van der Waals surface area contributed by atoms with Gasteiger partial charge in [-0.3, -0.25) is 14.4 Å². The molecule has 0 saturated carbocycles. The van der Waals surface area contributed by atoms with E-state index in [9.17, 15) is 14.4 Å². The number of allylic oxidation sites excluding steroid dienone is 10. The molecule has 0 aromatic carbocycles. The van der Waals surface area contributed by atoms with E-state index in [0.717, 1.165) is 96.3 Å². The zero-order chi connectivity index (χ0) is 51.4. The lowest BCUT2D eigenvalue weighted by molar-refractivity contribution is -0.167. The third-order valence-electron chi connectivity index (χ3n) is 13.5. The molecule has 0 unspecified atom stereocenters. The van der Waals surface area contributed by atoms with Crippen LogP contribution in [0.1, 0.15) is 316 Å². The van der Waals surface area contributed by atoms with Gasteiger partial charge in [0.1, 0.15) is 13.2 Å². The molecule has 0 spiro atoms. The molecule has 0 saturated heterocycles. The van der Waals surface area contributed by atoms with Gasteiger partial charge in [-0.05, 0) is 83.5 Å². The molecular weight excluding hydrogens is 877 g/mol. The Balaban J connectivity index is 4.39. The maximum Gasteiger partial charge on any atom is 0.306 e. The maximum atomic E-state index is 12.9. The van der Waals surface area contributed by atoms with E-state index in [-0.39, 0.29) is 31.1 Å². The first-order valence-corrected chi connectivity index (χ1v) is 30.8. The lowest BCUT2D eigenvalue weighted by atomic mass is 10.0. The Morgan fingerprint density at radius 2 is 0.549 bits per heavy atom. The SMILES string of the molecule is CC/C=C\C/C=C\C/C=C\C/C=C\CCCCCCC(=O)OC[C@H](COC(=O)CCCCCCCCCCCCCCCCCCC)OC(=O)CCCCCCCCCCC/C=C\CCCCCCCC. The zero-order valence-electron chi connectivity index (χ0n) is 47.2. The highest BCUT2D eigenvalue weighted by Gasteiger charge is 2.19. The van der Waals surface area contributed by atoms with Crippen molar-refractivity contribution in [2.75, 3.05) is 13.2 Å². The summed E-state index contributed by atoms with van der Waals surface area (Å²) in [5.41, 5.74) is 0. The number of carbonyl (C=O) groups is 3. The molecule has 1 atom stereocenters. The van der Waals surface area contributed by atoms with Crippen LogP contribution in [0.2, 0.25) is 0 Å². The smallest absolute Gasteiger partial charge is 0.306 e. The first-order chi connectivity index (χ1) is 35.0. The summed E-state index contributed by atoms with van der Waals surface area (Å²) in [5, 5.41) is 0. The van der Waals surface area contributed by atoms with Crippen LogP contribution in [-0.2, 0) is 28.6 Å². The van der Waals surface area contributed by atoms with E-state index in [1.807, 2.05) is 0 Å². The van der Waals surface area contributed by atoms with Crippen molar-refractivity contribution >= 4 is 17.9 Å². The molecule has 412 valence electrons. The quantitative estimate of drug-likeness (QED) is 0.0261. The Bertz CT molecular complexity index is 1280. The van der Waals surface area contributed by atoms with Gasteiger partial charge in [0.2, 0.25) is 0 Å². The van der Waals surface area contributed by atoms with Gasteiger partial charge < -0.3 is 14.2 Å². The molecule has 0 aliphatic rings. The third-order valence-corrected chi connectivity index (χ3v) is 13.5. The van der Waals surface area contributed by atoms with Crippen LogP contribution in [0.15, 0.2) is 60.8 Å². The number of esters is 3. The summed E-state index contributed by atoms with van der Waals surface area (Å²) in [6.45, 7) is 6.55. The topological polar surface area (TPSA) is 78.9 Å². The Morgan fingerprint density at radius 3 is 0.873 bits per heavy atom. The molecule has 0 aromatic rings. The lowest BCUT2D eigenvalue weighted by Crippen LogP contribution is -2.30. The molecule has 71 heavy (non-hydrogen) atoms. The highest BCUT2D eigenvalue weighted by atomic mass is 16.6. The van der Waals surface area contributed by atoms with Crippen molar-refractivity contribution in [1.82, 2.24) is 0 Å². The second kappa shape index (κ2) is 59.7. The van der Waals surface area contributed by atoms with Gasteiger partial charge in [-0.2, -0.15) is 0 Å². The molecule has 0 aliphatic heterocycles. The first kappa shape index (κ1) is 68.1. The molecule has 0 aromatic heterocycles. The number of hydrogen-bond donors (Lipinski definition) is 0. The molecule has 0 heterocycles.